The minimum atomic E-state index is -0.351. The first-order valence-electron chi connectivity index (χ1n) is 5.56. The van der Waals surface area contributed by atoms with E-state index in [1.165, 1.54) is 12.7 Å². The van der Waals surface area contributed by atoms with Gasteiger partial charge >= 0.3 is 0 Å². The predicted octanol–water partition coefficient (Wildman–Crippen LogP) is 2.38. The molecule has 2 atom stereocenters. The number of ether oxygens (including phenoxy) is 1. The zero-order valence-electron chi connectivity index (χ0n) is 9.20. The van der Waals surface area contributed by atoms with Crippen molar-refractivity contribution in [1.29, 1.82) is 0 Å². The lowest BCUT2D eigenvalue weighted by Gasteiger charge is -2.26. The molecule has 88 valence electrons. The third-order valence-electron chi connectivity index (χ3n) is 2.93. The van der Waals surface area contributed by atoms with Gasteiger partial charge in [0.05, 0.1) is 6.33 Å². The molecule has 1 aromatic rings. The maximum atomic E-state index is 11.2. The zero-order valence-corrected chi connectivity index (χ0v) is 9.96. The van der Waals surface area contributed by atoms with Gasteiger partial charge in [-0.05, 0) is 25.2 Å². The summed E-state index contributed by atoms with van der Waals surface area (Å²) in [5.74, 6) is 0.920. The molecule has 16 heavy (non-hydrogen) atoms. The third kappa shape index (κ3) is 2.55. The Morgan fingerprint density at radius 1 is 1.56 bits per heavy atom. The molecular weight excluding hydrogens is 228 g/mol. The molecule has 1 saturated carbocycles. The minimum absolute atomic E-state index is 0.0423. The van der Waals surface area contributed by atoms with Crippen molar-refractivity contribution in [2.24, 2.45) is 5.92 Å². The van der Waals surface area contributed by atoms with Crippen LogP contribution in [0.15, 0.2) is 11.1 Å². The number of hydrogen-bond donors (Lipinski definition) is 1. The van der Waals surface area contributed by atoms with Crippen LogP contribution in [0.3, 0.4) is 0 Å². The van der Waals surface area contributed by atoms with Gasteiger partial charge in [-0.1, -0.05) is 24.9 Å². The zero-order chi connectivity index (χ0) is 11.5. The van der Waals surface area contributed by atoms with E-state index < -0.39 is 0 Å². The van der Waals surface area contributed by atoms with Crippen LogP contribution in [0.25, 0.3) is 0 Å². The Kier molecular flexibility index (Phi) is 3.49. The molecule has 0 aromatic carbocycles. The van der Waals surface area contributed by atoms with Crippen LogP contribution >= 0.6 is 11.6 Å². The lowest BCUT2D eigenvalue weighted by Crippen LogP contribution is -2.25. The first kappa shape index (κ1) is 11.5. The maximum Gasteiger partial charge on any atom is 0.273 e. The van der Waals surface area contributed by atoms with E-state index in [0.717, 1.165) is 19.3 Å². The van der Waals surface area contributed by atoms with Crippen LogP contribution in [-0.4, -0.2) is 16.1 Å². The maximum absolute atomic E-state index is 11.2. The molecule has 0 amide bonds. The highest BCUT2D eigenvalue weighted by atomic mass is 35.5. The molecule has 1 heterocycles. The smallest absolute Gasteiger partial charge is 0.273 e. The number of aromatic nitrogens is 2. The van der Waals surface area contributed by atoms with Crippen molar-refractivity contribution in [3.63, 3.8) is 0 Å². The summed E-state index contributed by atoms with van der Waals surface area (Å²) in [7, 11) is 0. The molecule has 0 aliphatic heterocycles. The van der Waals surface area contributed by atoms with E-state index in [1.807, 2.05) is 0 Å². The summed E-state index contributed by atoms with van der Waals surface area (Å²) in [6.45, 7) is 2.21. The molecule has 1 fully saturated rings. The Hall–Kier alpha value is -1.03. The van der Waals surface area contributed by atoms with E-state index in [0.29, 0.717) is 5.92 Å². The lowest BCUT2D eigenvalue weighted by atomic mass is 9.89. The molecule has 0 saturated heterocycles. The summed E-state index contributed by atoms with van der Waals surface area (Å²) < 4.78 is 5.67. The average Bonchev–Trinajstić information content (AvgIpc) is 2.25. The van der Waals surface area contributed by atoms with Crippen molar-refractivity contribution >= 4 is 11.6 Å². The number of nitrogens with one attached hydrogen (secondary N) is 1. The van der Waals surface area contributed by atoms with E-state index in [1.54, 1.807) is 0 Å². The van der Waals surface area contributed by atoms with Gasteiger partial charge in [0.15, 0.2) is 5.02 Å². The van der Waals surface area contributed by atoms with E-state index in [9.17, 15) is 4.79 Å². The molecule has 0 radical (unpaired) electrons. The predicted molar refractivity (Wildman–Crippen MR) is 61.9 cm³/mol. The second-order valence-corrected chi connectivity index (χ2v) is 4.74. The SMILES string of the molecule is CC1CCCC(Oc2nc[nH]c(=O)c2Cl)C1. The lowest BCUT2D eigenvalue weighted by molar-refractivity contribution is 0.123. The fraction of sp³-hybridized carbons (Fsp3) is 0.636. The molecule has 1 N–H and O–H groups in total. The van der Waals surface area contributed by atoms with Gasteiger partial charge in [0.2, 0.25) is 5.88 Å². The topological polar surface area (TPSA) is 55.0 Å². The second-order valence-electron chi connectivity index (χ2n) is 4.36. The number of H-pyrrole nitrogens is 1. The summed E-state index contributed by atoms with van der Waals surface area (Å²) in [5, 5.41) is 0.0423. The van der Waals surface area contributed by atoms with Crippen LogP contribution in [0.2, 0.25) is 5.02 Å². The standard InChI is InChI=1S/C11H15ClN2O2/c1-7-3-2-4-8(5-7)16-11-9(12)10(15)13-6-14-11/h6-8H,2-5H2,1H3,(H,13,14,15). The van der Waals surface area contributed by atoms with Crippen molar-refractivity contribution in [1.82, 2.24) is 9.97 Å². The van der Waals surface area contributed by atoms with Crippen molar-refractivity contribution in [2.45, 2.75) is 38.7 Å². The summed E-state index contributed by atoms with van der Waals surface area (Å²) in [5.41, 5.74) is -0.351. The van der Waals surface area contributed by atoms with Crippen LogP contribution in [0.5, 0.6) is 5.88 Å². The average molecular weight is 243 g/mol. The van der Waals surface area contributed by atoms with Gasteiger partial charge in [0.25, 0.3) is 5.56 Å². The Morgan fingerprint density at radius 2 is 2.38 bits per heavy atom. The number of aromatic amines is 1. The van der Waals surface area contributed by atoms with E-state index >= 15 is 0 Å². The summed E-state index contributed by atoms with van der Waals surface area (Å²) in [6.07, 6.45) is 5.87. The second kappa shape index (κ2) is 4.87. The molecule has 0 spiro atoms. The van der Waals surface area contributed by atoms with Crippen molar-refractivity contribution in [2.75, 3.05) is 0 Å². The Labute approximate surface area is 99.0 Å². The van der Waals surface area contributed by atoms with E-state index in [2.05, 4.69) is 16.9 Å². The van der Waals surface area contributed by atoms with Crippen LogP contribution < -0.4 is 10.3 Å². The Morgan fingerprint density at radius 3 is 3.12 bits per heavy atom. The fourth-order valence-electron chi connectivity index (χ4n) is 2.09. The van der Waals surface area contributed by atoms with Crippen LogP contribution in [-0.2, 0) is 0 Å². The number of hydrogen-bond acceptors (Lipinski definition) is 3. The molecule has 2 rings (SSSR count). The minimum Gasteiger partial charge on any atom is -0.473 e. The van der Waals surface area contributed by atoms with E-state index in [-0.39, 0.29) is 22.6 Å². The van der Waals surface area contributed by atoms with Crippen LogP contribution in [0.4, 0.5) is 0 Å². The summed E-state index contributed by atoms with van der Waals surface area (Å²) >= 11 is 5.82. The van der Waals surface area contributed by atoms with Gasteiger partial charge in [0, 0.05) is 0 Å². The Bertz CT molecular complexity index is 419. The largest absolute Gasteiger partial charge is 0.473 e. The molecule has 2 unspecified atom stereocenters. The number of halogens is 1. The molecule has 5 heteroatoms. The van der Waals surface area contributed by atoms with Gasteiger partial charge in [-0.3, -0.25) is 4.79 Å². The highest BCUT2D eigenvalue weighted by Crippen LogP contribution is 2.28. The molecular formula is C11H15ClN2O2. The van der Waals surface area contributed by atoms with Gasteiger partial charge < -0.3 is 9.72 Å². The normalized spacial score (nSPS) is 25.4. The third-order valence-corrected chi connectivity index (χ3v) is 3.26. The monoisotopic (exact) mass is 242 g/mol. The van der Waals surface area contributed by atoms with E-state index in [4.69, 9.17) is 16.3 Å². The van der Waals surface area contributed by atoms with Crippen molar-refractivity contribution in [3.05, 3.63) is 21.7 Å². The molecule has 4 nitrogen and oxygen atoms in total. The first-order chi connectivity index (χ1) is 7.66. The molecule has 1 aliphatic rings. The quantitative estimate of drug-likeness (QED) is 0.866. The molecule has 0 bridgehead atoms. The van der Waals surface area contributed by atoms with Crippen LogP contribution in [0, 0.1) is 5.92 Å². The van der Waals surface area contributed by atoms with Gasteiger partial charge in [-0.15, -0.1) is 0 Å². The highest BCUT2D eigenvalue weighted by Gasteiger charge is 2.21. The number of nitrogens with zero attached hydrogens (tertiary/aromatic N) is 1. The van der Waals surface area contributed by atoms with Crippen LogP contribution in [0.1, 0.15) is 32.6 Å². The number of rotatable bonds is 2. The van der Waals surface area contributed by atoms with Gasteiger partial charge in [-0.25, -0.2) is 4.98 Å². The molecule has 1 aromatic heterocycles. The Balaban J connectivity index is 2.08. The van der Waals surface area contributed by atoms with Crippen molar-refractivity contribution < 1.29 is 4.74 Å². The highest BCUT2D eigenvalue weighted by molar-refractivity contribution is 6.31. The van der Waals surface area contributed by atoms with Gasteiger partial charge in [-0.2, -0.15) is 0 Å². The first-order valence-corrected chi connectivity index (χ1v) is 5.94. The molecule has 1 aliphatic carbocycles. The fourth-order valence-corrected chi connectivity index (χ4v) is 2.24. The summed E-state index contributed by atoms with van der Waals surface area (Å²) in [4.78, 5) is 17.6. The van der Waals surface area contributed by atoms with Crippen molar-refractivity contribution in [3.8, 4) is 5.88 Å². The van der Waals surface area contributed by atoms with Gasteiger partial charge in [0.1, 0.15) is 6.10 Å². The summed E-state index contributed by atoms with van der Waals surface area (Å²) in [6, 6.07) is 0.